The van der Waals surface area contributed by atoms with Gasteiger partial charge < -0.3 is 10.4 Å². The average Bonchev–Trinajstić information content (AvgIpc) is 3.17. The van der Waals surface area contributed by atoms with Crippen molar-refractivity contribution < 1.29 is 5.11 Å². The Balaban J connectivity index is 1.43. The fourth-order valence-electron chi connectivity index (χ4n) is 4.42. The Bertz CT molecular complexity index is 715. The van der Waals surface area contributed by atoms with Crippen LogP contribution in [0.15, 0.2) is 18.6 Å². The molecule has 0 radical (unpaired) electrons. The monoisotopic (exact) mass is 343 g/mol. The first-order valence-corrected chi connectivity index (χ1v) is 9.56. The van der Waals surface area contributed by atoms with Crippen LogP contribution < -0.4 is 5.32 Å². The topological polar surface area (TPSA) is 67.9 Å². The lowest BCUT2D eigenvalue weighted by atomic mass is 9.82. The lowest BCUT2D eigenvalue weighted by Gasteiger charge is -2.42. The van der Waals surface area contributed by atoms with Crippen LogP contribution in [0.25, 0.3) is 0 Å². The molecule has 6 heteroatoms. The molecular weight excluding hydrogens is 314 g/mol. The van der Waals surface area contributed by atoms with E-state index in [-0.39, 0.29) is 18.2 Å². The number of hydrogen-bond donors (Lipinski definition) is 2. The highest BCUT2D eigenvalue weighted by atomic mass is 16.3. The van der Waals surface area contributed by atoms with E-state index in [0.717, 1.165) is 18.5 Å². The smallest absolute Gasteiger partial charge is 0.0932 e. The summed E-state index contributed by atoms with van der Waals surface area (Å²) in [7, 11) is 2.01. The number of aliphatic hydroxyl groups excluding tert-OH is 1. The van der Waals surface area contributed by atoms with E-state index in [4.69, 9.17) is 5.10 Å². The number of hydrogen-bond acceptors (Lipinski definition) is 4. The van der Waals surface area contributed by atoms with Crippen molar-refractivity contribution in [2.75, 3.05) is 0 Å². The molecule has 0 unspecified atom stereocenters. The molecule has 0 bridgehead atoms. The van der Waals surface area contributed by atoms with Crippen molar-refractivity contribution in [2.45, 2.75) is 76.1 Å². The van der Waals surface area contributed by atoms with Gasteiger partial charge in [0.25, 0.3) is 0 Å². The highest BCUT2D eigenvalue weighted by Crippen LogP contribution is 2.35. The van der Waals surface area contributed by atoms with Crippen LogP contribution in [0.5, 0.6) is 0 Å². The first-order valence-electron chi connectivity index (χ1n) is 9.56. The molecule has 2 fully saturated rings. The second-order valence-electron chi connectivity index (χ2n) is 7.83. The Labute approximate surface area is 149 Å². The predicted molar refractivity (Wildman–Crippen MR) is 96.3 cm³/mol. The summed E-state index contributed by atoms with van der Waals surface area (Å²) in [6.45, 7) is 2.84. The lowest BCUT2D eigenvalue weighted by Crippen LogP contribution is -2.54. The van der Waals surface area contributed by atoms with Gasteiger partial charge in [0.1, 0.15) is 0 Å². The first-order chi connectivity index (χ1) is 12.1. The molecular formula is C19H29N5O. The molecule has 2 N–H and O–H groups in total. The van der Waals surface area contributed by atoms with Crippen molar-refractivity contribution in [1.82, 2.24) is 24.9 Å². The van der Waals surface area contributed by atoms with Gasteiger partial charge >= 0.3 is 0 Å². The molecule has 0 amide bonds. The van der Waals surface area contributed by atoms with Crippen molar-refractivity contribution in [2.24, 2.45) is 7.05 Å². The summed E-state index contributed by atoms with van der Waals surface area (Å²) in [4.78, 5) is 0. The largest absolute Gasteiger partial charge is 0.391 e. The van der Waals surface area contributed by atoms with Gasteiger partial charge in [0, 0.05) is 43.5 Å². The minimum absolute atomic E-state index is 0.0310. The van der Waals surface area contributed by atoms with Gasteiger partial charge in [-0.3, -0.25) is 9.36 Å². The van der Waals surface area contributed by atoms with E-state index >= 15 is 0 Å². The van der Waals surface area contributed by atoms with E-state index in [1.807, 2.05) is 35.7 Å². The maximum Gasteiger partial charge on any atom is 0.0932 e. The standard InChI is InChI=1S/C19H29N5O/c1-13-9-21-24(11-13)19-16(8-17(19)25)20-10-15-12-23(2)22-18(15)14-6-4-3-5-7-14/h9,11-12,14,16-17,19-20,25H,3-8,10H2,1-2H3/t16-,17+,19+/m0/s1. The number of rotatable bonds is 5. The zero-order valence-corrected chi connectivity index (χ0v) is 15.2. The van der Waals surface area contributed by atoms with Crippen LogP contribution in [-0.2, 0) is 13.6 Å². The zero-order chi connectivity index (χ0) is 17.4. The maximum absolute atomic E-state index is 10.2. The minimum atomic E-state index is -0.316. The average molecular weight is 343 g/mol. The first kappa shape index (κ1) is 16.8. The van der Waals surface area contributed by atoms with Gasteiger partial charge in [0.2, 0.25) is 0 Å². The highest BCUT2D eigenvalue weighted by molar-refractivity contribution is 5.22. The molecule has 0 aliphatic heterocycles. The Kier molecular flexibility index (Phi) is 4.65. The Hall–Kier alpha value is -1.66. The molecule has 6 nitrogen and oxygen atoms in total. The van der Waals surface area contributed by atoms with Gasteiger partial charge in [0.05, 0.1) is 24.0 Å². The van der Waals surface area contributed by atoms with E-state index in [1.54, 1.807) is 0 Å². The molecule has 0 saturated heterocycles. The summed E-state index contributed by atoms with van der Waals surface area (Å²) >= 11 is 0. The van der Waals surface area contributed by atoms with Gasteiger partial charge in [0.15, 0.2) is 0 Å². The fraction of sp³-hybridized carbons (Fsp3) is 0.684. The second kappa shape index (κ2) is 6.92. The van der Waals surface area contributed by atoms with Crippen LogP contribution in [0.1, 0.15) is 67.3 Å². The lowest BCUT2D eigenvalue weighted by molar-refractivity contribution is -0.00827. The van der Waals surface area contributed by atoms with E-state index in [1.165, 1.54) is 43.4 Å². The molecule has 2 heterocycles. The molecule has 2 aromatic rings. The van der Waals surface area contributed by atoms with Gasteiger partial charge in [-0.15, -0.1) is 0 Å². The summed E-state index contributed by atoms with van der Waals surface area (Å²) < 4.78 is 3.86. The third-order valence-electron chi connectivity index (χ3n) is 5.82. The molecule has 2 aliphatic carbocycles. The predicted octanol–water partition coefficient (Wildman–Crippen LogP) is 2.44. The molecule has 0 spiro atoms. The van der Waals surface area contributed by atoms with E-state index in [0.29, 0.717) is 5.92 Å². The van der Waals surface area contributed by atoms with Gasteiger partial charge in [-0.2, -0.15) is 10.2 Å². The zero-order valence-electron chi connectivity index (χ0n) is 15.2. The normalized spacial score (nSPS) is 27.4. The molecule has 3 atom stereocenters. The van der Waals surface area contributed by atoms with Gasteiger partial charge in [-0.1, -0.05) is 19.3 Å². The fourth-order valence-corrected chi connectivity index (χ4v) is 4.42. The Morgan fingerprint density at radius 2 is 2.04 bits per heavy atom. The van der Waals surface area contributed by atoms with Crippen molar-refractivity contribution in [1.29, 1.82) is 0 Å². The van der Waals surface area contributed by atoms with Crippen molar-refractivity contribution >= 4 is 0 Å². The molecule has 25 heavy (non-hydrogen) atoms. The quantitative estimate of drug-likeness (QED) is 0.875. The maximum atomic E-state index is 10.2. The highest BCUT2D eigenvalue weighted by Gasteiger charge is 2.41. The van der Waals surface area contributed by atoms with Crippen molar-refractivity contribution in [3.05, 3.63) is 35.4 Å². The van der Waals surface area contributed by atoms with Crippen LogP contribution in [0, 0.1) is 6.92 Å². The van der Waals surface area contributed by atoms with Crippen LogP contribution in [0.4, 0.5) is 0 Å². The van der Waals surface area contributed by atoms with Gasteiger partial charge in [-0.05, 0) is 31.7 Å². The second-order valence-corrected chi connectivity index (χ2v) is 7.83. The molecule has 136 valence electrons. The number of aryl methyl sites for hydroxylation is 2. The Morgan fingerprint density at radius 1 is 1.24 bits per heavy atom. The number of nitrogens with one attached hydrogen (secondary N) is 1. The Morgan fingerprint density at radius 3 is 2.72 bits per heavy atom. The van der Waals surface area contributed by atoms with Gasteiger partial charge in [-0.25, -0.2) is 0 Å². The summed E-state index contributed by atoms with van der Waals surface area (Å²) in [5.74, 6) is 0.614. The van der Waals surface area contributed by atoms with E-state index in [2.05, 4.69) is 16.6 Å². The molecule has 4 rings (SSSR count). The number of nitrogens with zero attached hydrogens (tertiary/aromatic N) is 4. The van der Waals surface area contributed by atoms with Crippen molar-refractivity contribution in [3.8, 4) is 0 Å². The summed E-state index contributed by atoms with van der Waals surface area (Å²) in [5.41, 5.74) is 3.72. The SMILES string of the molecule is Cc1cnn([C@H]2[C@H](O)C[C@@H]2NCc2cn(C)nc2C2CCCCC2)c1. The number of aliphatic hydroxyl groups is 1. The third kappa shape index (κ3) is 3.37. The molecule has 2 aliphatic rings. The minimum Gasteiger partial charge on any atom is -0.391 e. The van der Waals surface area contributed by atoms with Crippen LogP contribution >= 0.6 is 0 Å². The molecule has 2 aromatic heterocycles. The van der Waals surface area contributed by atoms with Crippen molar-refractivity contribution in [3.63, 3.8) is 0 Å². The van der Waals surface area contributed by atoms with Crippen LogP contribution in [-0.4, -0.2) is 36.8 Å². The number of aromatic nitrogens is 4. The van der Waals surface area contributed by atoms with E-state index < -0.39 is 0 Å². The third-order valence-corrected chi connectivity index (χ3v) is 5.82. The summed E-state index contributed by atoms with van der Waals surface area (Å²) in [5, 5.41) is 23.0. The molecule has 0 aromatic carbocycles. The molecule has 2 saturated carbocycles. The summed E-state index contributed by atoms with van der Waals surface area (Å²) in [6, 6.07) is 0.289. The van der Waals surface area contributed by atoms with E-state index in [9.17, 15) is 5.11 Å². The summed E-state index contributed by atoms with van der Waals surface area (Å²) in [6.07, 6.45) is 13.0. The van der Waals surface area contributed by atoms with Crippen LogP contribution in [0.3, 0.4) is 0 Å². The van der Waals surface area contributed by atoms with Crippen LogP contribution in [0.2, 0.25) is 0 Å².